The van der Waals surface area contributed by atoms with Crippen molar-refractivity contribution in [1.29, 1.82) is 0 Å². The van der Waals surface area contributed by atoms with Crippen molar-refractivity contribution in [2.24, 2.45) is 0 Å². The number of fused-ring (bicyclic) bond motifs is 1. The number of halogens is 1. The third-order valence-electron chi connectivity index (χ3n) is 4.24. The first kappa shape index (κ1) is 18.8. The minimum Gasteiger partial charge on any atom is -0.386 e. The first-order valence-electron chi connectivity index (χ1n) is 8.37. The van der Waals surface area contributed by atoms with Crippen molar-refractivity contribution in [1.82, 2.24) is 14.7 Å². The maximum absolute atomic E-state index is 12.9. The largest absolute Gasteiger partial charge is 0.386 e. The van der Waals surface area contributed by atoms with Gasteiger partial charge in [-0.15, -0.1) is 0 Å². The maximum Gasteiger partial charge on any atom is 0.150 e. The van der Waals surface area contributed by atoms with Crippen LogP contribution in [0.5, 0.6) is 0 Å². The molecule has 140 valence electrons. The zero-order chi connectivity index (χ0) is 18.7. The van der Waals surface area contributed by atoms with Crippen LogP contribution in [-0.4, -0.2) is 53.3 Å². The van der Waals surface area contributed by atoms with Crippen LogP contribution in [0.1, 0.15) is 23.1 Å². The topological polar surface area (TPSA) is 75.4 Å². The Morgan fingerprint density at radius 2 is 2.04 bits per heavy atom. The smallest absolute Gasteiger partial charge is 0.150 e. The van der Waals surface area contributed by atoms with Gasteiger partial charge < -0.3 is 5.11 Å². The standard InChI is InChI=1S/C18H22FN3O3S/c1-26(24,25)13-18(23)17-11-16-12-21(9-10-22(16)20-17)8-2-3-14-4-6-15(19)7-5-14/h2-7,11,18,23H,8-10,12-13H2,1H3/b3-2+. The lowest BCUT2D eigenvalue weighted by molar-refractivity contribution is 0.194. The molecule has 2 heterocycles. The molecule has 0 saturated carbocycles. The van der Waals surface area contributed by atoms with E-state index in [2.05, 4.69) is 10.00 Å². The van der Waals surface area contributed by atoms with Gasteiger partial charge in [-0.25, -0.2) is 12.8 Å². The van der Waals surface area contributed by atoms with E-state index in [9.17, 15) is 17.9 Å². The van der Waals surface area contributed by atoms with Gasteiger partial charge >= 0.3 is 0 Å². The summed E-state index contributed by atoms with van der Waals surface area (Å²) in [5, 5.41) is 14.4. The molecule has 2 aromatic rings. The summed E-state index contributed by atoms with van der Waals surface area (Å²) in [4.78, 5) is 2.23. The fourth-order valence-corrected chi connectivity index (χ4v) is 3.69. The van der Waals surface area contributed by atoms with Crippen LogP contribution in [0.15, 0.2) is 36.4 Å². The molecule has 1 aromatic carbocycles. The van der Waals surface area contributed by atoms with Crippen molar-refractivity contribution < 1.29 is 17.9 Å². The molecule has 0 aliphatic carbocycles. The molecule has 0 bridgehead atoms. The van der Waals surface area contributed by atoms with Gasteiger partial charge in [0.15, 0.2) is 0 Å². The Bertz CT molecular complexity index is 891. The van der Waals surface area contributed by atoms with E-state index in [1.54, 1.807) is 18.2 Å². The van der Waals surface area contributed by atoms with E-state index >= 15 is 0 Å². The summed E-state index contributed by atoms with van der Waals surface area (Å²) in [6.07, 6.45) is 3.97. The number of aliphatic hydroxyl groups excluding tert-OH is 1. The Labute approximate surface area is 152 Å². The second-order valence-electron chi connectivity index (χ2n) is 6.58. The third-order valence-corrected chi connectivity index (χ3v) is 5.16. The molecule has 1 aromatic heterocycles. The van der Waals surface area contributed by atoms with Crippen molar-refractivity contribution in [3.63, 3.8) is 0 Å². The molecule has 1 aliphatic rings. The Kier molecular flexibility index (Phi) is 5.55. The number of hydrogen-bond acceptors (Lipinski definition) is 5. The molecule has 8 heteroatoms. The minimum absolute atomic E-state index is 0.250. The van der Waals surface area contributed by atoms with Gasteiger partial charge in [0.25, 0.3) is 0 Å². The van der Waals surface area contributed by atoms with Crippen molar-refractivity contribution in [2.45, 2.75) is 19.2 Å². The van der Waals surface area contributed by atoms with Crippen LogP contribution in [0.2, 0.25) is 0 Å². The van der Waals surface area contributed by atoms with Crippen molar-refractivity contribution in [3.05, 3.63) is 59.2 Å². The minimum atomic E-state index is -3.27. The molecule has 0 fully saturated rings. The van der Waals surface area contributed by atoms with Crippen molar-refractivity contribution in [2.75, 3.05) is 25.1 Å². The second-order valence-corrected chi connectivity index (χ2v) is 8.77. The monoisotopic (exact) mass is 379 g/mol. The average Bonchev–Trinajstić information content (AvgIpc) is 2.99. The average molecular weight is 379 g/mol. The molecule has 1 N–H and O–H groups in total. The molecule has 0 spiro atoms. The first-order chi connectivity index (χ1) is 12.3. The lowest BCUT2D eigenvalue weighted by atomic mass is 10.2. The fraction of sp³-hybridized carbons (Fsp3) is 0.389. The Morgan fingerprint density at radius 1 is 1.31 bits per heavy atom. The van der Waals surface area contributed by atoms with Gasteiger partial charge in [0.1, 0.15) is 21.8 Å². The van der Waals surface area contributed by atoms with Crippen LogP contribution in [0.25, 0.3) is 6.08 Å². The molecule has 0 radical (unpaired) electrons. The van der Waals surface area contributed by atoms with Crippen LogP contribution in [0, 0.1) is 5.82 Å². The number of hydrogen-bond donors (Lipinski definition) is 1. The number of rotatable bonds is 6. The molecule has 1 aliphatic heterocycles. The summed E-state index contributed by atoms with van der Waals surface area (Å²) in [6.45, 7) is 2.91. The Morgan fingerprint density at radius 3 is 2.73 bits per heavy atom. The summed E-state index contributed by atoms with van der Waals surface area (Å²) >= 11 is 0. The maximum atomic E-state index is 12.9. The highest BCUT2D eigenvalue weighted by Gasteiger charge is 2.22. The van der Waals surface area contributed by atoms with E-state index < -0.39 is 15.9 Å². The Balaban J connectivity index is 1.60. The molecule has 0 amide bonds. The SMILES string of the molecule is CS(=O)(=O)CC(O)c1cc2n(n1)CCN(C/C=C/c1ccc(F)cc1)C2. The highest BCUT2D eigenvalue weighted by atomic mass is 32.2. The summed E-state index contributed by atoms with van der Waals surface area (Å²) < 4.78 is 37.4. The molecule has 26 heavy (non-hydrogen) atoms. The lowest BCUT2D eigenvalue weighted by Crippen LogP contribution is -2.33. The van der Waals surface area contributed by atoms with Gasteiger partial charge in [-0.2, -0.15) is 5.10 Å². The van der Waals surface area contributed by atoms with E-state index in [4.69, 9.17) is 0 Å². The molecule has 1 atom stereocenters. The van der Waals surface area contributed by atoms with Gasteiger partial charge in [-0.3, -0.25) is 9.58 Å². The third kappa shape index (κ3) is 5.00. The highest BCUT2D eigenvalue weighted by molar-refractivity contribution is 7.90. The first-order valence-corrected chi connectivity index (χ1v) is 10.4. The number of sulfone groups is 1. The number of nitrogens with zero attached hydrogens (tertiary/aromatic N) is 3. The lowest BCUT2D eigenvalue weighted by Gasteiger charge is -2.26. The predicted octanol–water partition coefficient (Wildman–Crippen LogP) is 1.63. The van der Waals surface area contributed by atoms with Crippen LogP contribution < -0.4 is 0 Å². The number of aromatic nitrogens is 2. The molecular weight excluding hydrogens is 357 g/mol. The van der Waals surface area contributed by atoms with Crippen LogP contribution in [0.4, 0.5) is 4.39 Å². The van der Waals surface area contributed by atoms with E-state index in [-0.39, 0.29) is 11.6 Å². The van der Waals surface area contributed by atoms with Gasteiger partial charge in [0.05, 0.1) is 23.7 Å². The Hall–Kier alpha value is -2.03. The zero-order valence-electron chi connectivity index (χ0n) is 14.5. The molecule has 6 nitrogen and oxygen atoms in total. The summed E-state index contributed by atoms with van der Waals surface area (Å²) in [7, 11) is -3.27. The van der Waals surface area contributed by atoms with Gasteiger partial charge in [-0.05, 0) is 23.8 Å². The summed E-state index contributed by atoms with van der Waals surface area (Å²) in [6, 6.07) is 8.09. The van der Waals surface area contributed by atoms with Crippen LogP contribution in [0.3, 0.4) is 0 Å². The zero-order valence-corrected chi connectivity index (χ0v) is 15.4. The number of benzene rings is 1. The van der Waals surface area contributed by atoms with E-state index in [1.165, 1.54) is 12.1 Å². The van der Waals surface area contributed by atoms with E-state index in [1.807, 2.05) is 16.8 Å². The number of aliphatic hydroxyl groups is 1. The summed E-state index contributed by atoms with van der Waals surface area (Å²) in [5.41, 5.74) is 2.29. The van der Waals surface area contributed by atoms with Gasteiger partial charge in [0.2, 0.25) is 0 Å². The molecule has 1 unspecified atom stereocenters. The van der Waals surface area contributed by atoms with Crippen molar-refractivity contribution in [3.8, 4) is 0 Å². The molecular formula is C18H22FN3O3S. The normalized spacial score (nSPS) is 16.7. The van der Waals surface area contributed by atoms with Crippen LogP contribution >= 0.6 is 0 Å². The van der Waals surface area contributed by atoms with Gasteiger partial charge in [0, 0.05) is 25.9 Å². The molecule has 3 rings (SSSR count). The summed E-state index contributed by atoms with van der Waals surface area (Å²) in [5.74, 6) is -0.576. The second kappa shape index (κ2) is 7.69. The quantitative estimate of drug-likeness (QED) is 0.826. The molecule has 0 saturated heterocycles. The predicted molar refractivity (Wildman–Crippen MR) is 97.6 cm³/mol. The van der Waals surface area contributed by atoms with Crippen molar-refractivity contribution >= 4 is 15.9 Å². The highest BCUT2D eigenvalue weighted by Crippen LogP contribution is 2.19. The van der Waals surface area contributed by atoms with E-state index in [0.29, 0.717) is 18.8 Å². The van der Waals surface area contributed by atoms with Gasteiger partial charge in [-0.1, -0.05) is 24.3 Å². The fourth-order valence-electron chi connectivity index (χ4n) is 2.95. The van der Waals surface area contributed by atoms with Crippen LogP contribution in [-0.2, 0) is 22.9 Å². The van der Waals surface area contributed by atoms with E-state index in [0.717, 1.165) is 30.6 Å².